The molecule has 0 bridgehead atoms. The fourth-order valence-corrected chi connectivity index (χ4v) is 2.01. The monoisotopic (exact) mass is 237 g/mol. The van der Waals surface area contributed by atoms with Gasteiger partial charge in [0, 0.05) is 31.9 Å². The number of piperazine rings is 1. The normalized spacial score (nSPS) is 17.5. The highest BCUT2D eigenvalue weighted by atomic mass is 19.1. The van der Waals surface area contributed by atoms with E-state index in [0.29, 0.717) is 25.3 Å². The predicted molar refractivity (Wildman–Crippen MR) is 64.2 cm³/mol. The molecule has 0 radical (unpaired) electrons. The Labute approximate surface area is 99.8 Å². The average Bonchev–Trinajstić information content (AvgIpc) is 2.29. The van der Waals surface area contributed by atoms with Crippen molar-refractivity contribution >= 4 is 11.6 Å². The smallest absolute Gasteiger partial charge is 0.241 e. The van der Waals surface area contributed by atoms with Gasteiger partial charge in [-0.05, 0) is 18.2 Å². The van der Waals surface area contributed by atoms with Crippen molar-refractivity contribution in [2.75, 3.05) is 37.6 Å². The van der Waals surface area contributed by atoms with Crippen LogP contribution >= 0.6 is 0 Å². The van der Waals surface area contributed by atoms with Gasteiger partial charge < -0.3 is 10.6 Å². The SMILES string of the molecule is NCCN1CCN(c2cccc(F)c2)C(=O)C1. The summed E-state index contributed by atoms with van der Waals surface area (Å²) < 4.78 is 13.1. The van der Waals surface area contributed by atoms with E-state index in [2.05, 4.69) is 0 Å². The molecule has 0 spiro atoms. The molecule has 2 N–H and O–H groups in total. The Balaban J connectivity index is 2.07. The van der Waals surface area contributed by atoms with E-state index in [1.807, 2.05) is 4.90 Å². The molecule has 1 heterocycles. The molecular weight excluding hydrogens is 221 g/mol. The highest BCUT2D eigenvalue weighted by Gasteiger charge is 2.24. The summed E-state index contributed by atoms with van der Waals surface area (Å²) in [6.07, 6.45) is 0. The Morgan fingerprint density at radius 1 is 1.35 bits per heavy atom. The number of benzene rings is 1. The van der Waals surface area contributed by atoms with Crippen LogP contribution in [0.2, 0.25) is 0 Å². The Morgan fingerprint density at radius 2 is 2.18 bits per heavy atom. The second-order valence-electron chi connectivity index (χ2n) is 4.09. The maximum atomic E-state index is 13.1. The number of nitrogens with zero attached hydrogens (tertiary/aromatic N) is 2. The van der Waals surface area contributed by atoms with Gasteiger partial charge in [-0.3, -0.25) is 9.69 Å². The van der Waals surface area contributed by atoms with E-state index in [1.165, 1.54) is 12.1 Å². The molecule has 0 saturated carbocycles. The fourth-order valence-electron chi connectivity index (χ4n) is 2.01. The highest BCUT2D eigenvalue weighted by molar-refractivity contribution is 5.95. The third-order valence-electron chi connectivity index (χ3n) is 2.86. The van der Waals surface area contributed by atoms with Crippen molar-refractivity contribution in [1.29, 1.82) is 0 Å². The fraction of sp³-hybridized carbons (Fsp3) is 0.417. The van der Waals surface area contributed by atoms with E-state index in [9.17, 15) is 9.18 Å². The second-order valence-corrected chi connectivity index (χ2v) is 4.09. The van der Waals surface area contributed by atoms with Crippen LogP contribution in [0.25, 0.3) is 0 Å². The Bertz CT molecular complexity index is 410. The molecule has 1 aromatic rings. The first-order chi connectivity index (χ1) is 8.20. The van der Waals surface area contributed by atoms with Gasteiger partial charge in [0.25, 0.3) is 0 Å². The number of carbonyl (C=O) groups is 1. The molecule has 1 amide bonds. The van der Waals surface area contributed by atoms with Crippen LogP contribution < -0.4 is 10.6 Å². The highest BCUT2D eigenvalue weighted by Crippen LogP contribution is 2.18. The lowest BCUT2D eigenvalue weighted by molar-refractivity contribution is -0.121. The standard InChI is InChI=1S/C12H16FN3O/c13-10-2-1-3-11(8-10)16-7-6-15(5-4-14)9-12(16)17/h1-3,8H,4-7,9,14H2. The first-order valence-electron chi connectivity index (χ1n) is 5.69. The Kier molecular flexibility index (Phi) is 3.71. The number of hydrogen-bond donors (Lipinski definition) is 1. The van der Waals surface area contributed by atoms with Gasteiger partial charge in [0.1, 0.15) is 5.82 Å². The van der Waals surface area contributed by atoms with Crippen LogP contribution in [0.5, 0.6) is 0 Å². The number of anilines is 1. The second kappa shape index (κ2) is 5.25. The maximum absolute atomic E-state index is 13.1. The van der Waals surface area contributed by atoms with Crippen LogP contribution in [0.3, 0.4) is 0 Å². The largest absolute Gasteiger partial charge is 0.329 e. The molecule has 0 atom stereocenters. The molecule has 92 valence electrons. The molecule has 1 aliphatic rings. The molecule has 1 saturated heterocycles. The topological polar surface area (TPSA) is 49.6 Å². The van der Waals surface area contributed by atoms with Gasteiger partial charge in [0.2, 0.25) is 5.91 Å². The summed E-state index contributed by atoms with van der Waals surface area (Å²) in [5.41, 5.74) is 6.08. The van der Waals surface area contributed by atoms with E-state index in [4.69, 9.17) is 5.73 Å². The molecule has 1 fully saturated rings. The third-order valence-corrected chi connectivity index (χ3v) is 2.86. The van der Waals surface area contributed by atoms with E-state index in [-0.39, 0.29) is 11.7 Å². The van der Waals surface area contributed by atoms with E-state index in [1.54, 1.807) is 17.0 Å². The van der Waals surface area contributed by atoms with E-state index in [0.717, 1.165) is 13.1 Å². The Hall–Kier alpha value is -1.46. The van der Waals surface area contributed by atoms with Gasteiger partial charge in [-0.2, -0.15) is 0 Å². The molecule has 17 heavy (non-hydrogen) atoms. The molecule has 5 heteroatoms. The number of halogens is 1. The van der Waals surface area contributed by atoms with Crippen molar-refractivity contribution in [1.82, 2.24) is 4.90 Å². The summed E-state index contributed by atoms with van der Waals surface area (Å²) in [4.78, 5) is 15.5. The average molecular weight is 237 g/mol. The summed E-state index contributed by atoms with van der Waals surface area (Å²) in [6, 6.07) is 6.12. The zero-order valence-electron chi connectivity index (χ0n) is 9.60. The number of nitrogens with two attached hydrogens (primary N) is 1. The van der Waals surface area contributed by atoms with E-state index >= 15 is 0 Å². The summed E-state index contributed by atoms with van der Waals surface area (Å²) in [6.45, 7) is 2.99. The van der Waals surface area contributed by atoms with Crippen molar-refractivity contribution in [3.8, 4) is 0 Å². The molecule has 0 aliphatic carbocycles. The first kappa shape index (κ1) is 12.0. The zero-order chi connectivity index (χ0) is 12.3. The van der Waals surface area contributed by atoms with Gasteiger partial charge in [0.15, 0.2) is 0 Å². The van der Waals surface area contributed by atoms with Crippen LogP contribution in [0, 0.1) is 5.82 Å². The molecule has 1 aromatic carbocycles. The lowest BCUT2D eigenvalue weighted by Crippen LogP contribution is -2.51. The van der Waals surface area contributed by atoms with Gasteiger partial charge in [-0.1, -0.05) is 6.07 Å². The predicted octanol–water partition coefficient (Wildman–Crippen LogP) is 0.433. The third kappa shape index (κ3) is 2.81. The quantitative estimate of drug-likeness (QED) is 0.829. The van der Waals surface area contributed by atoms with Crippen molar-refractivity contribution in [2.24, 2.45) is 5.73 Å². The van der Waals surface area contributed by atoms with Crippen LogP contribution in [0.1, 0.15) is 0 Å². The minimum Gasteiger partial charge on any atom is -0.329 e. The summed E-state index contributed by atoms with van der Waals surface area (Å²) >= 11 is 0. The van der Waals surface area contributed by atoms with Gasteiger partial charge in [-0.15, -0.1) is 0 Å². The minimum absolute atomic E-state index is 0.00435. The van der Waals surface area contributed by atoms with E-state index < -0.39 is 0 Å². The minimum atomic E-state index is -0.320. The number of carbonyl (C=O) groups excluding carboxylic acids is 1. The molecule has 0 unspecified atom stereocenters. The summed E-state index contributed by atoms with van der Waals surface area (Å²) in [7, 11) is 0. The van der Waals surface area contributed by atoms with Crippen molar-refractivity contribution in [2.45, 2.75) is 0 Å². The molecule has 1 aliphatic heterocycles. The lowest BCUT2D eigenvalue weighted by Gasteiger charge is -2.34. The van der Waals surface area contributed by atoms with Crippen LogP contribution in [0.4, 0.5) is 10.1 Å². The van der Waals surface area contributed by atoms with Crippen LogP contribution in [0.15, 0.2) is 24.3 Å². The lowest BCUT2D eigenvalue weighted by atomic mass is 10.2. The molecule has 2 rings (SSSR count). The van der Waals surface area contributed by atoms with Gasteiger partial charge in [-0.25, -0.2) is 4.39 Å². The number of amides is 1. The van der Waals surface area contributed by atoms with Crippen molar-refractivity contribution in [3.63, 3.8) is 0 Å². The first-order valence-corrected chi connectivity index (χ1v) is 5.69. The van der Waals surface area contributed by atoms with Crippen molar-refractivity contribution in [3.05, 3.63) is 30.1 Å². The van der Waals surface area contributed by atoms with Gasteiger partial charge >= 0.3 is 0 Å². The molecule has 0 aromatic heterocycles. The number of hydrogen-bond acceptors (Lipinski definition) is 3. The number of rotatable bonds is 3. The Morgan fingerprint density at radius 3 is 2.82 bits per heavy atom. The summed E-state index contributed by atoms with van der Waals surface area (Å²) in [5.74, 6) is -0.324. The zero-order valence-corrected chi connectivity index (χ0v) is 9.60. The molecule has 4 nitrogen and oxygen atoms in total. The molecular formula is C12H16FN3O. The van der Waals surface area contributed by atoms with Gasteiger partial charge in [0.05, 0.1) is 6.54 Å². The van der Waals surface area contributed by atoms with Crippen LogP contribution in [-0.4, -0.2) is 43.5 Å². The van der Waals surface area contributed by atoms with Crippen molar-refractivity contribution < 1.29 is 9.18 Å². The summed E-state index contributed by atoms with van der Waals surface area (Å²) in [5, 5.41) is 0. The maximum Gasteiger partial charge on any atom is 0.241 e. The van der Waals surface area contributed by atoms with Crippen LogP contribution in [-0.2, 0) is 4.79 Å².